The summed E-state index contributed by atoms with van der Waals surface area (Å²) in [6.45, 7) is 58.1. The van der Waals surface area contributed by atoms with E-state index in [0.717, 1.165) is 22.3 Å². The van der Waals surface area contributed by atoms with Gasteiger partial charge in [-0.05, 0) is 115 Å². The SMILES string of the molecule is CC(C)[Si](C#Cc1cc2sc1/C=C\c1sc(cc1C#C[Si](C(C)C)(C(C)C)C(C)C)-c1cc(C#C[Si](C(C)C)(C(C)C)C(C)C)c(s1)/C=C\c1sc-2cc1C#C[Si](C(C)C)(C(C)C)C(C)C)(C(C)C)C(C)C. The van der Waals surface area contributed by atoms with Crippen LogP contribution in [0.5, 0.6) is 0 Å². The van der Waals surface area contributed by atoms with Crippen LogP contribution >= 0.6 is 45.3 Å². The fourth-order valence-electron chi connectivity index (χ4n) is 13.7. The molecular weight excluding hydrogens is 1010 g/mol. The lowest BCUT2D eigenvalue weighted by atomic mass is 10.1. The summed E-state index contributed by atoms with van der Waals surface area (Å²) in [4.78, 5) is 9.95. The Hall–Kier alpha value is -2.61. The standard InChI is InChI=1S/C64H92S4Si4/c1-41(2)69(42(3)4,43(5)6)33-29-53-37-61-62-38-54(30-34-70(44(7)8,45(9)10)46(11)12)59(66-62)27-28-60-56(32-36-72(50(19)20,51(21)22)52(23)24)40-64(68-60)63-39-55(58(67-63)26-25-57(53)65-61)31-35-71(47(13)14,48(15)16)49(17)18/h25-28,37-52H,1-24H3/b26-25-,28-27-,57-25?,58-26?,59-27?,60-28?,62-61?,64-63?. The predicted molar refractivity (Wildman–Crippen MR) is 345 cm³/mol. The molecule has 0 unspecified atom stereocenters. The highest BCUT2D eigenvalue weighted by atomic mass is 32.1. The van der Waals surface area contributed by atoms with Gasteiger partial charge in [0, 0.05) is 61.3 Å². The van der Waals surface area contributed by atoms with Crippen LogP contribution in [0, 0.1) is 45.9 Å². The third-order valence-corrected chi connectivity index (χ3v) is 47.4. The van der Waals surface area contributed by atoms with Crippen molar-refractivity contribution in [3.8, 4) is 65.4 Å². The zero-order valence-corrected chi connectivity index (χ0v) is 56.4. The zero-order valence-electron chi connectivity index (χ0n) is 49.2. The van der Waals surface area contributed by atoms with Gasteiger partial charge in [0.15, 0.2) is 0 Å². The van der Waals surface area contributed by atoms with E-state index >= 15 is 0 Å². The van der Waals surface area contributed by atoms with Crippen molar-refractivity contribution >= 4 is 102 Å². The molecule has 0 aromatic carbocycles. The Kier molecular flexibility index (Phi) is 20.2. The van der Waals surface area contributed by atoms with Crippen molar-refractivity contribution in [1.29, 1.82) is 0 Å². The van der Waals surface area contributed by atoms with E-state index in [2.05, 4.69) is 261 Å². The van der Waals surface area contributed by atoms with Crippen LogP contribution in [-0.4, -0.2) is 32.3 Å². The molecule has 5 rings (SSSR count). The molecule has 0 saturated heterocycles. The highest BCUT2D eigenvalue weighted by molar-refractivity contribution is 7.24. The Morgan fingerprint density at radius 3 is 0.514 bits per heavy atom. The minimum atomic E-state index is -2.00. The Morgan fingerprint density at radius 2 is 0.389 bits per heavy atom. The molecule has 0 spiro atoms. The van der Waals surface area contributed by atoms with Crippen molar-refractivity contribution in [2.75, 3.05) is 0 Å². The first-order chi connectivity index (χ1) is 33.5. The van der Waals surface area contributed by atoms with Crippen molar-refractivity contribution < 1.29 is 0 Å². The third-order valence-electron chi connectivity index (χ3n) is 17.4. The summed E-state index contributed by atoms with van der Waals surface area (Å²) in [6, 6.07) is 9.62. The Bertz CT molecular complexity index is 2370. The maximum Gasteiger partial charge on any atom is 0.146 e. The number of fused-ring (bicyclic) bond motifs is 10. The van der Waals surface area contributed by atoms with Crippen molar-refractivity contribution in [2.24, 2.45) is 0 Å². The van der Waals surface area contributed by atoms with E-state index < -0.39 is 32.3 Å². The average molecular weight is 1100 g/mol. The average Bonchev–Trinajstić information content (AvgIpc) is 4.06. The fourth-order valence-corrected chi connectivity index (χ4v) is 38.8. The molecule has 1 aliphatic rings. The monoisotopic (exact) mass is 1100 g/mol. The fraction of sp³-hybridized carbons (Fsp3) is 0.562. The molecule has 0 nitrogen and oxygen atoms in total. The molecule has 4 aromatic heterocycles. The molecular formula is C64H92S4Si4. The first-order valence-electron chi connectivity index (χ1n) is 27.6. The van der Waals surface area contributed by atoms with Gasteiger partial charge in [-0.1, -0.05) is 190 Å². The van der Waals surface area contributed by atoms with Gasteiger partial charge in [0.05, 0.1) is 0 Å². The second-order valence-electron chi connectivity index (χ2n) is 24.8. The van der Waals surface area contributed by atoms with E-state index in [9.17, 15) is 0 Å². The summed E-state index contributed by atoms with van der Waals surface area (Å²) in [7, 11) is -8.02. The molecule has 5 heterocycles. The Balaban J connectivity index is 1.93. The van der Waals surface area contributed by atoms with Crippen LogP contribution in [0.3, 0.4) is 0 Å². The lowest BCUT2D eigenvalue weighted by Gasteiger charge is -2.38. The smallest absolute Gasteiger partial charge is 0.134 e. The van der Waals surface area contributed by atoms with Crippen molar-refractivity contribution in [2.45, 2.75) is 233 Å². The van der Waals surface area contributed by atoms with Crippen molar-refractivity contribution in [1.82, 2.24) is 0 Å². The zero-order chi connectivity index (χ0) is 54.0. The topological polar surface area (TPSA) is 0 Å². The first kappa shape index (κ1) is 60.3. The van der Waals surface area contributed by atoms with Gasteiger partial charge in [-0.15, -0.1) is 67.5 Å². The summed E-state index contributed by atoms with van der Waals surface area (Å²) in [5.74, 6) is 15.8. The van der Waals surface area contributed by atoms with Gasteiger partial charge >= 0.3 is 0 Å². The van der Waals surface area contributed by atoms with Crippen molar-refractivity contribution in [3.05, 3.63) is 66.0 Å². The van der Waals surface area contributed by atoms with Crippen LogP contribution in [-0.2, 0) is 0 Å². The molecule has 1 aliphatic heterocycles. The van der Waals surface area contributed by atoms with Crippen LogP contribution in [0.4, 0.5) is 0 Å². The van der Waals surface area contributed by atoms with E-state index in [1.54, 1.807) is 0 Å². The molecule has 388 valence electrons. The molecule has 0 amide bonds. The predicted octanol–water partition coefficient (Wildman–Crippen LogP) is 22.2. The summed E-state index contributed by atoms with van der Waals surface area (Å²) < 4.78 is 0. The maximum absolute atomic E-state index is 4.12. The second kappa shape index (κ2) is 24.2. The Morgan fingerprint density at radius 1 is 0.250 bits per heavy atom. The minimum Gasteiger partial charge on any atom is -0.134 e. The third kappa shape index (κ3) is 11.7. The van der Waals surface area contributed by atoms with Gasteiger partial charge in [-0.2, -0.15) is 0 Å². The lowest BCUT2D eigenvalue weighted by molar-refractivity contribution is 0.838. The molecule has 0 aliphatic carbocycles. The van der Waals surface area contributed by atoms with Crippen LogP contribution < -0.4 is 0 Å². The molecule has 8 bridgehead atoms. The lowest BCUT2D eigenvalue weighted by Crippen LogP contribution is -2.43. The summed E-state index contributed by atoms with van der Waals surface area (Å²) in [5.41, 5.74) is 27.7. The van der Waals surface area contributed by atoms with Gasteiger partial charge in [-0.3, -0.25) is 0 Å². The number of hydrogen-bond donors (Lipinski definition) is 0. The van der Waals surface area contributed by atoms with E-state index in [1.165, 1.54) is 39.0 Å². The summed E-state index contributed by atoms with van der Waals surface area (Å²) in [5, 5.41) is 0. The second-order valence-corrected chi connectivity index (χ2v) is 51.5. The van der Waals surface area contributed by atoms with Gasteiger partial charge in [-0.25, -0.2) is 0 Å². The van der Waals surface area contributed by atoms with E-state index in [0.29, 0.717) is 66.5 Å². The highest BCUT2D eigenvalue weighted by Gasteiger charge is 2.45. The largest absolute Gasteiger partial charge is 0.146 e. The molecule has 8 heteroatoms. The molecule has 0 saturated carbocycles. The molecule has 0 N–H and O–H groups in total. The van der Waals surface area contributed by atoms with E-state index in [-0.39, 0.29) is 0 Å². The van der Waals surface area contributed by atoms with Crippen LogP contribution in [0.2, 0.25) is 66.5 Å². The molecule has 4 aromatic rings. The van der Waals surface area contributed by atoms with Crippen LogP contribution in [0.15, 0.2) is 24.3 Å². The maximum atomic E-state index is 4.12. The summed E-state index contributed by atoms with van der Waals surface area (Å²) in [6.07, 6.45) is 9.50. The van der Waals surface area contributed by atoms with Crippen molar-refractivity contribution in [3.63, 3.8) is 0 Å². The molecule has 0 radical (unpaired) electrons. The molecule has 0 atom stereocenters. The van der Waals surface area contributed by atoms with Gasteiger partial charge in [0.25, 0.3) is 0 Å². The van der Waals surface area contributed by atoms with Crippen LogP contribution in [0.25, 0.3) is 43.8 Å². The van der Waals surface area contributed by atoms with Gasteiger partial charge < -0.3 is 0 Å². The van der Waals surface area contributed by atoms with Gasteiger partial charge in [0.2, 0.25) is 0 Å². The quantitative estimate of drug-likeness (QED) is 0.0863. The normalized spacial score (nSPS) is 14.3. The first-order valence-corrected chi connectivity index (χ1v) is 39.8. The molecule has 72 heavy (non-hydrogen) atoms. The van der Waals surface area contributed by atoms with Crippen LogP contribution in [0.1, 0.15) is 208 Å². The summed E-state index contributed by atoms with van der Waals surface area (Å²) >= 11 is 7.55. The minimum absolute atomic E-state index is 0.556. The van der Waals surface area contributed by atoms with Gasteiger partial charge in [0.1, 0.15) is 32.3 Å². The van der Waals surface area contributed by atoms with E-state index in [4.69, 9.17) is 0 Å². The Labute approximate surface area is 462 Å². The van der Waals surface area contributed by atoms with E-state index in [1.807, 2.05) is 45.3 Å². The highest BCUT2D eigenvalue weighted by Crippen LogP contribution is 2.47. The number of rotatable bonds is 12. The number of hydrogen-bond acceptors (Lipinski definition) is 4. The number of thiophene rings is 4. The molecule has 0 fully saturated rings.